The number of carbonyl (C=O) groups is 1. The van der Waals surface area contributed by atoms with Gasteiger partial charge in [0.2, 0.25) is 0 Å². The predicted molar refractivity (Wildman–Crippen MR) is 82.0 cm³/mol. The lowest BCUT2D eigenvalue weighted by Gasteiger charge is -2.14. The van der Waals surface area contributed by atoms with Crippen molar-refractivity contribution in [1.29, 1.82) is 0 Å². The lowest BCUT2D eigenvalue weighted by Crippen LogP contribution is -1.97. The van der Waals surface area contributed by atoms with E-state index < -0.39 is 5.97 Å². The SMILES string of the molecule is C=Cc1cc(OC)cc(OC)c1-c1ccc(C(=O)O)cc1. The molecule has 0 heterocycles. The first-order valence-electron chi connectivity index (χ1n) is 6.33. The monoisotopic (exact) mass is 284 g/mol. The van der Waals surface area contributed by atoms with E-state index in [0.717, 1.165) is 16.7 Å². The fourth-order valence-corrected chi connectivity index (χ4v) is 2.14. The Morgan fingerprint density at radius 3 is 2.29 bits per heavy atom. The van der Waals surface area contributed by atoms with Crippen molar-refractivity contribution in [2.75, 3.05) is 14.2 Å². The van der Waals surface area contributed by atoms with Crippen molar-refractivity contribution in [3.05, 3.63) is 54.1 Å². The van der Waals surface area contributed by atoms with Gasteiger partial charge in [-0.25, -0.2) is 4.79 Å². The molecule has 0 radical (unpaired) electrons. The zero-order valence-electron chi connectivity index (χ0n) is 11.9. The molecule has 4 heteroatoms. The molecule has 0 spiro atoms. The fraction of sp³-hybridized carbons (Fsp3) is 0.118. The Morgan fingerprint density at radius 2 is 1.81 bits per heavy atom. The van der Waals surface area contributed by atoms with Crippen LogP contribution in [0, 0.1) is 0 Å². The largest absolute Gasteiger partial charge is 0.497 e. The normalized spacial score (nSPS) is 10.0. The molecule has 1 N–H and O–H groups in total. The van der Waals surface area contributed by atoms with Gasteiger partial charge in [-0.05, 0) is 29.3 Å². The number of benzene rings is 2. The molecule has 0 bridgehead atoms. The lowest BCUT2D eigenvalue weighted by atomic mass is 9.97. The van der Waals surface area contributed by atoms with Crippen molar-refractivity contribution < 1.29 is 19.4 Å². The van der Waals surface area contributed by atoms with E-state index in [1.54, 1.807) is 50.6 Å². The van der Waals surface area contributed by atoms with Gasteiger partial charge in [0.1, 0.15) is 11.5 Å². The van der Waals surface area contributed by atoms with Crippen LogP contribution < -0.4 is 9.47 Å². The number of hydrogen-bond acceptors (Lipinski definition) is 3. The number of carboxylic acid groups (broad SMARTS) is 1. The van der Waals surface area contributed by atoms with Gasteiger partial charge in [0.15, 0.2) is 0 Å². The van der Waals surface area contributed by atoms with Crippen LogP contribution in [0.5, 0.6) is 11.5 Å². The van der Waals surface area contributed by atoms with E-state index in [2.05, 4.69) is 6.58 Å². The van der Waals surface area contributed by atoms with Crippen LogP contribution in [0.2, 0.25) is 0 Å². The number of hydrogen-bond donors (Lipinski definition) is 1. The topological polar surface area (TPSA) is 55.8 Å². The van der Waals surface area contributed by atoms with Crippen LogP contribution >= 0.6 is 0 Å². The van der Waals surface area contributed by atoms with Crippen LogP contribution in [0.3, 0.4) is 0 Å². The highest BCUT2D eigenvalue weighted by molar-refractivity contribution is 5.89. The molecule has 2 aromatic carbocycles. The van der Waals surface area contributed by atoms with E-state index in [0.29, 0.717) is 11.5 Å². The number of carboxylic acids is 1. The predicted octanol–water partition coefficient (Wildman–Crippen LogP) is 3.71. The number of aromatic carboxylic acids is 1. The van der Waals surface area contributed by atoms with Crippen LogP contribution in [0.1, 0.15) is 15.9 Å². The molecule has 21 heavy (non-hydrogen) atoms. The molecular formula is C17H16O4. The van der Waals surface area contributed by atoms with Crippen molar-refractivity contribution in [1.82, 2.24) is 0 Å². The first-order valence-corrected chi connectivity index (χ1v) is 6.33. The van der Waals surface area contributed by atoms with E-state index in [-0.39, 0.29) is 5.56 Å². The van der Waals surface area contributed by atoms with Gasteiger partial charge in [0, 0.05) is 11.6 Å². The van der Waals surface area contributed by atoms with Gasteiger partial charge in [-0.1, -0.05) is 24.8 Å². The maximum absolute atomic E-state index is 10.9. The minimum absolute atomic E-state index is 0.242. The first kappa shape index (κ1) is 14.7. The smallest absolute Gasteiger partial charge is 0.335 e. The number of rotatable bonds is 5. The summed E-state index contributed by atoms with van der Waals surface area (Å²) in [5, 5.41) is 8.96. The number of ether oxygens (including phenoxy) is 2. The average molecular weight is 284 g/mol. The van der Waals surface area contributed by atoms with Crippen LogP contribution in [0.15, 0.2) is 43.0 Å². The van der Waals surface area contributed by atoms with Gasteiger partial charge >= 0.3 is 5.97 Å². The van der Waals surface area contributed by atoms with Gasteiger partial charge in [-0.3, -0.25) is 0 Å². The van der Waals surface area contributed by atoms with Crippen LogP contribution in [0.25, 0.3) is 17.2 Å². The summed E-state index contributed by atoms with van der Waals surface area (Å²) in [7, 11) is 3.17. The third-order valence-electron chi connectivity index (χ3n) is 3.20. The molecule has 2 rings (SSSR count). The Labute approximate surface area is 123 Å². The van der Waals surface area contributed by atoms with Crippen LogP contribution in [-0.2, 0) is 0 Å². The molecule has 2 aromatic rings. The highest BCUT2D eigenvalue weighted by Crippen LogP contribution is 2.37. The fourth-order valence-electron chi connectivity index (χ4n) is 2.14. The second kappa shape index (κ2) is 6.13. The quantitative estimate of drug-likeness (QED) is 0.909. The van der Waals surface area contributed by atoms with E-state index in [1.807, 2.05) is 6.07 Å². The first-order chi connectivity index (χ1) is 10.1. The molecule has 0 amide bonds. The molecule has 0 aliphatic heterocycles. The zero-order chi connectivity index (χ0) is 15.4. The Balaban J connectivity index is 2.61. The van der Waals surface area contributed by atoms with Gasteiger partial charge in [-0.2, -0.15) is 0 Å². The number of methoxy groups -OCH3 is 2. The Bertz CT molecular complexity index is 672. The molecule has 0 aromatic heterocycles. The summed E-state index contributed by atoms with van der Waals surface area (Å²) in [6.45, 7) is 3.81. The summed E-state index contributed by atoms with van der Waals surface area (Å²) in [5.41, 5.74) is 2.81. The highest BCUT2D eigenvalue weighted by atomic mass is 16.5. The molecule has 0 saturated heterocycles. The van der Waals surface area contributed by atoms with Crippen molar-refractivity contribution in [2.24, 2.45) is 0 Å². The molecular weight excluding hydrogens is 268 g/mol. The van der Waals surface area contributed by atoms with Crippen LogP contribution in [0.4, 0.5) is 0 Å². The Morgan fingerprint density at radius 1 is 1.14 bits per heavy atom. The minimum Gasteiger partial charge on any atom is -0.497 e. The molecule has 0 saturated carbocycles. The molecule has 0 atom stereocenters. The molecule has 0 aliphatic carbocycles. The molecule has 108 valence electrons. The zero-order valence-corrected chi connectivity index (χ0v) is 11.9. The molecule has 4 nitrogen and oxygen atoms in total. The van der Waals surface area contributed by atoms with E-state index in [4.69, 9.17) is 14.6 Å². The van der Waals surface area contributed by atoms with E-state index in [9.17, 15) is 4.79 Å². The summed E-state index contributed by atoms with van der Waals surface area (Å²) < 4.78 is 10.7. The van der Waals surface area contributed by atoms with Crippen molar-refractivity contribution in [3.63, 3.8) is 0 Å². The lowest BCUT2D eigenvalue weighted by molar-refractivity contribution is 0.0697. The van der Waals surface area contributed by atoms with Crippen molar-refractivity contribution in [2.45, 2.75) is 0 Å². The summed E-state index contributed by atoms with van der Waals surface area (Å²) in [6.07, 6.45) is 1.71. The van der Waals surface area contributed by atoms with Crippen molar-refractivity contribution in [3.8, 4) is 22.6 Å². The van der Waals surface area contributed by atoms with Crippen LogP contribution in [-0.4, -0.2) is 25.3 Å². The molecule has 0 fully saturated rings. The summed E-state index contributed by atoms with van der Waals surface area (Å²) in [6, 6.07) is 10.3. The molecule has 0 unspecified atom stereocenters. The van der Waals surface area contributed by atoms with Gasteiger partial charge < -0.3 is 14.6 Å². The van der Waals surface area contributed by atoms with Gasteiger partial charge in [0.25, 0.3) is 0 Å². The second-order valence-corrected chi connectivity index (χ2v) is 4.38. The summed E-state index contributed by atoms with van der Waals surface area (Å²) >= 11 is 0. The van der Waals surface area contributed by atoms with E-state index >= 15 is 0 Å². The Hall–Kier alpha value is -2.75. The second-order valence-electron chi connectivity index (χ2n) is 4.38. The molecule has 0 aliphatic rings. The summed E-state index contributed by atoms with van der Waals surface area (Å²) in [5.74, 6) is 0.368. The van der Waals surface area contributed by atoms with Gasteiger partial charge in [-0.15, -0.1) is 0 Å². The highest BCUT2D eigenvalue weighted by Gasteiger charge is 2.13. The average Bonchev–Trinajstić information content (AvgIpc) is 2.53. The van der Waals surface area contributed by atoms with Crippen molar-refractivity contribution >= 4 is 12.0 Å². The Kier molecular flexibility index (Phi) is 4.28. The maximum Gasteiger partial charge on any atom is 0.335 e. The standard InChI is InChI=1S/C17H16O4/c1-4-11-9-14(20-2)10-15(21-3)16(11)12-5-7-13(8-6-12)17(18)19/h4-10H,1H2,2-3H3,(H,18,19). The summed E-state index contributed by atoms with van der Waals surface area (Å²) in [4.78, 5) is 10.9. The van der Waals surface area contributed by atoms with Gasteiger partial charge in [0.05, 0.1) is 19.8 Å². The third-order valence-corrected chi connectivity index (χ3v) is 3.20. The minimum atomic E-state index is -0.952. The maximum atomic E-state index is 10.9. The van der Waals surface area contributed by atoms with E-state index in [1.165, 1.54) is 0 Å². The third kappa shape index (κ3) is 2.89.